The second-order valence-electron chi connectivity index (χ2n) is 12.2. The van der Waals surface area contributed by atoms with Gasteiger partial charge in [-0.05, 0) is 49.7 Å². The molecule has 48 heavy (non-hydrogen) atoms. The van der Waals surface area contributed by atoms with Crippen LogP contribution >= 0.6 is 11.8 Å². The van der Waals surface area contributed by atoms with E-state index >= 15 is 0 Å². The second-order valence-corrected chi connectivity index (χ2v) is 13.2. The number of carboxylic acids is 1. The highest BCUT2D eigenvalue weighted by molar-refractivity contribution is 7.98. The van der Waals surface area contributed by atoms with Gasteiger partial charge >= 0.3 is 5.97 Å². The van der Waals surface area contributed by atoms with Crippen molar-refractivity contribution in [1.29, 1.82) is 0 Å². The summed E-state index contributed by atoms with van der Waals surface area (Å²) < 4.78 is 0. The largest absolute Gasteiger partial charge is 0.480 e. The number of aliphatic hydroxyl groups is 1. The minimum absolute atomic E-state index is 0.0450. The molecule has 0 aliphatic carbocycles. The third kappa shape index (κ3) is 13.8. The molecule has 0 radical (unpaired) electrons. The monoisotopic (exact) mass is 694 g/mol. The number of nitrogens with one attached hydrogen (secondary N) is 5. The van der Waals surface area contributed by atoms with Gasteiger partial charge in [-0.2, -0.15) is 11.8 Å². The molecule has 0 bridgehead atoms. The first kappa shape index (κ1) is 42.3. The van der Waals surface area contributed by atoms with Crippen molar-refractivity contribution in [2.45, 2.75) is 110 Å². The molecule has 0 spiro atoms. The zero-order valence-corrected chi connectivity index (χ0v) is 29.8. The van der Waals surface area contributed by atoms with Crippen molar-refractivity contribution in [1.82, 2.24) is 26.6 Å². The first-order chi connectivity index (χ1) is 22.6. The average molecular weight is 695 g/mol. The number of aliphatic carboxylic acids is 1. The Balaban J connectivity index is 3.19. The van der Waals surface area contributed by atoms with E-state index in [0.717, 1.165) is 0 Å². The van der Waals surface area contributed by atoms with Crippen LogP contribution in [-0.2, 0) is 35.2 Å². The molecule has 5 amide bonds. The van der Waals surface area contributed by atoms with Crippen LogP contribution in [-0.4, -0.2) is 100 Å². The predicted molar refractivity (Wildman–Crippen MR) is 185 cm³/mol. The van der Waals surface area contributed by atoms with E-state index in [0.29, 0.717) is 30.6 Å². The number of carboxylic acid groups (broad SMARTS) is 1. The van der Waals surface area contributed by atoms with Crippen LogP contribution < -0.4 is 32.3 Å². The molecule has 1 aromatic carbocycles. The zero-order valence-electron chi connectivity index (χ0n) is 28.9. The third-order valence-corrected chi connectivity index (χ3v) is 8.91. The van der Waals surface area contributed by atoms with Crippen LogP contribution in [0.25, 0.3) is 0 Å². The van der Waals surface area contributed by atoms with Crippen LogP contribution in [0.3, 0.4) is 0 Å². The second kappa shape index (κ2) is 21.3. The number of hydrogen-bond donors (Lipinski definition) is 8. The number of amides is 5. The van der Waals surface area contributed by atoms with Gasteiger partial charge in [0, 0.05) is 6.42 Å². The van der Waals surface area contributed by atoms with Gasteiger partial charge in [-0.3, -0.25) is 24.0 Å². The molecule has 0 fully saturated rings. The highest BCUT2D eigenvalue weighted by Crippen LogP contribution is 2.13. The van der Waals surface area contributed by atoms with Gasteiger partial charge in [0.2, 0.25) is 29.5 Å². The van der Waals surface area contributed by atoms with Crippen LogP contribution in [0.1, 0.15) is 66.4 Å². The predicted octanol–water partition coefficient (Wildman–Crippen LogP) is 0.311. The van der Waals surface area contributed by atoms with Gasteiger partial charge in [0.1, 0.15) is 30.2 Å². The standard InChI is InChI=1S/C33H54N6O8S/c1-8-18(3)25(37-32(45)27(21(6)40)39-28(41)20(5)35-29(42)23(34)15-16-48-7)31(44)36-24(17-22-13-11-10-12-14-22)30(43)38-26(33(46)47)19(4)9-2/h10-14,18-21,23-27,40H,8-9,15-17,34H2,1-7H3,(H,35,42)(H,36,44)(H,37,45)(H,38,43)(H,39,41)(H,46,47)/t18-,19-,20-,21+,23-,24-,25-,26-,27-/m0/s1. The summed E-state index contributed by atoms with van der Waals surface area (Å²) in [6, 6.07) is 1.91. The molecule has 270 valence electrons. The number of hydrogen-bond acceptors (Lipinski definition) is 9. The zero-order chi connectivity index (χ0) is 36.6. The average Bonchev–Trinajstić information content (AvgIpc) is 3.05. The summed E-state index contributed by atoms with van der Waals surface area (Å²) in [6.45, 7) is 9.73. The third-order valence-electron chi connectivity index (χ3n) is 8.27. The lowest BCUT2D eigenvalue weighted by Crippen LogP contribution is -2.62. The Bertz CT molecular complexity index is 1220. The summed E-state index contributed by atoms with van der Waals surface area (Å²) in [5.41, 5.74) is 6.59. The van der Waals surface area contributed by atoms with Crippen molar-refractivity contribution in [3.05, 3.63) is 35.9 Å². The highest BCUT2D eigenvalue weighted by atomic mass is 32.2. The van der Waals surface area contributed by atoms with Crippen LogP contribution in [0.2, 0.25) is 0 Å². The molecule has 9 atom stereocenters. The van der Waals surface area contributed by atoms with Crippen LogP contribution in [0.4, 0.5) is 0 Å². The van der Waals surface area contributed by atoms with Gasteiger partial charge in [-0.15, -0.1) is 0 Å². The van der Waals surface area contributed by atoms with Crippen molar-refractivity contribution < 1.29 is 39.0 Å². The maximum atomic E-state index is 13.7. The SMILES string of the molecule is CC[C@H](C)[C@H](NC(=O)[C@H](Cc1ccccc1)NC(=O)[C@@H](NC(=O)[C@@H](NC(=O)[C@H](C)NC(=O)[C@@H](N)CCSC)[C@@H](C)O)[C@@H](C)CC)C(=O)O. The fourth-order valence-electron chi connectivity index (χ4n) is 4.65. The number of aliphatic hydroxyl groups excluding tert-OH is 1. The van der Waals surface area contributed by atoms with E-state index in [4.69, 9.17) is 5.73 Å². The summed E-state index contributed by atoms with van der Waals surface area (Å²) in [4.78, 5) is 77.9. The molecule has 9 N–H and O–H groups in total. The lowest BCUT2D eigenvalue weighted by molar-refractivity contribution is -0.144. The van der Waals surface area contributed by atoms with Crippen LogP contribution in [0.15, 0.2) is 30.3 Å². The molecule has 1 rings (SSSR count). The Morgan fingerprint density at radius 3 is 1.77 bits per heavy atom. The van der Waals surface area contributed by atoms with Gasteiger partial charge < -0.3 is 42.5 Å². The summed E-state index contributed by atoms with van der Waals surface area (Å²) in [7, 11) is 0. The minimum Gasteiger partial charge on any atom is -0.480 e. The Morgan fingerprint density at radius 2 is 1.25 bits per heavy atom. The van der Waals surface area contributed by atoms with Crippen molar-refractivity contribution in [3.63, 3.8) is 0 Å². The Labute approximate surface area is 287 Å². The molecule has 0 unspecified atom stereocenters. The van der Waals surface area contributed by atoms with E-state index < -0.39 is 83.8 Å². The van der Waals surface area contributed by atoms with E-state index in [-0.39, 0.29) is 12.3 Å². The molecule has 0 saturated heterocycles. The minimum atomic E-state index is -1.49. The topological polar surface area (TPSA) is 229 Å². The van der Waals surface area contributed by atoms with Crippen molar-refractivity contribution in [2.75, 3.05) is 12.0 Å². The van der Waals surface area contributed by atoms with Gasteiger partial charge in [0.25, 0.3) is 0 Å². The summed E-state index contributed by atoms with van der Waals surface area (Å²) in [5, 5.41) is 32.9. The summed E-state index contributed by atoms with van der Waals surface area (Å²) in [6.07, 6.45) is 1.88. The van der Waals surface area contributed by atoms with Gasteiger partial charge in [0.05, 0.1) is 12.1 Å². The molecule has 0 aliphatic rings. The molecule has 0 aliphatic heterocycles. The fraction of sp³-hybridized carbons (Fsp3) is 0.636. The maximum absolute atomic E-state index is 13.7. The van der Waals surface area contributed by atoms with Gasteiger partial charge in [0.15, 0.2) is 0 Å². The van der Waals surface area contributed by atoms with Crippen molar-refractivity contribution >= 4 is 47.3 Å². The van der Waals surface area contributed by atoms with Crippen LogP contribution in [0.5, 0.6) is 0 Å². The van der Waals surface area contributed by atoms with Gasteiger partial charge in [-0.1, -0.05) is 70.9 Å². The van der Waals surface area contributed by atoms with E-state index in [9.17, 15) is 39.0 Å². The first-order valence-corrected chi connectivity index (χ1v) is 17.7. The van der Waals surface area contributed by atoms with Gasteiger partial charge in [-0.25, -0.2) is 4.79 Å². The Morgan fingerprint density at radius 1 is 0.729 bits per heavy atom. The van der Waals surface area contributed by atoms with E-state index in [1.54, 1.807) is 58.0 Å². The molecule has 0 aromatic heterocycles. The number of benzene rings is 1. The first-order valence-electron chi connectivity index (χ1n) is 16.3. The normalized spacial score (nSPS) is 16.8. The molecule has 14 nitrogen and oxygen atoms in total. The van der Waals surface area contributed by atoms with Crippen LogP contribution in [0, 0.1) is 11.8 Å². The number of thioether (sulfide) groups is 1. The van der Waals surface area contributed by atoms with Crippen molar-refractivity contribution in [3.8, 4) is 0 Å². The molecule has 0 saturated carbocycles. The lowest BCUT2D eigenvalue weighted by atomic mass is 9.96. The molecular formula is C33H54N6O8S. The number of rotatable bonds is 21. The van der Waals surface area contributed by atoms with E-state index in [2.05, 4.69) is 26.6 Å². The number of carbonyl (C=O) groups excluding carboxylic acids is 5. The molecule has 15 heteroatoms. The van der Waals surface area contributed by atoms with Crippen molar-refractivity contribution in [2.24, 2.45) is 17.6 Å². The fourth-order valence-corrected chi connectivity index (χ4v) is 5.14. The Hall–Kier alpha value is -3.69. The maximum Gasteiger partial charge on any atom is 0.326 e. The van der Waals surface area contributed by atoms with E-state index in [1.165, 1.54) is 25.6 Å². The summed E-state index contributed by atoms with van der Waals surface area (Å²) in [5.74, 6) is -4.94. The van der Waals surface area contributed by atoms with E-state index in [1.807, 2.05) is 6.26 Å². The lowest BCUT2D eigenvalue weighted by Gasteiger charge is -2.30. The quantitative estimate of drug-likeness (QED) is 0.0878. The Kier molecular flexibility index (Phi) is 18.8. The number of nitrogens with two attached hydrogens (primary N) is 1. The molecule has 1 aromatic rings. The smallest absolute Gasteiger partial charge is 0.326 e. The summed E-state index contributed by atoms with van der Waals surface area (Å²) >= 11 is 1.53. The molecule has 0 heterocycles. The highest BCUT2D eigenvalue weighted by Gasteiger charge is 2.36. The molecular weight excluding hydrogens is 640 g/mol. The number of carbonyl (C=O) groups is 6.